The Kier molecular flexibility index (Phi) is 4.85. The molecule has 0 unspecified atom stereocenters. The average Bonchev–Trinajstić information content (AvgIpc) is 3.13. The van der Waals surface area contributed by atoms with Crippen LogP contribution in [0.4, 0.5) is 5.13 Å². The first kappa shape index (κ1) is 15.9. The van der Waals surface area contributed by atoms with Gasteiger partial charge in [0.15, 0.2) is 5.13 Å². The first-order chi connectivity index (χ1) is 11.1. The van der Waals surface area contributed by atoms with Gasteiger partial charge >= 0.3 is 0 Å². The van der Waals surface area contributed by atoms with Crippen LogP contribution in [-0.2, 0) is 9.59 Å². The maximum Gasteiger partial charge on any atom is 0.266 e. The highest BCUT2D eigenvalue weighted by Gasteiger charge is 2.33. The third-order valence-electron chi connectivity index (χ3n) is 2.95. The molecule has 3 rings (SSSR count). The topological polar surface area (TPSA) is 62.3 Å². The van der Waals surface area contributed by atoms with E-state index in [0.717, 1.165) is 5.56 Å². The van der Waals surface area contributed by atoms with Gasteiger partial charge in [0.05, 0.1) is 4.91 Å². The molecule has 116 valence electrons. The Morgan fingerprint density at radius 2 is 2.13 bits per heavy atom. The monoisotopic (exact) mass is 361 g/mol. The molecule has 0 saturated carbocycles. The predicted octanol–water partition coefficient (Wildman–Crippen LogP) is 2.98. The van der Waals surface area contributed by atoms with Crippen molar-refractivity contribution in [3.63, 3.8) is 0 Å². The fraction of sp³-hybridized carbons (Fsp3) is 0.0667. The largest absolute Gasteiger partial charge is 0.300 e. The van der Waals surface area contributed by atoms with E-state index in [0.29, 0.717) is 14.4 Å². The summed E-state index contributed by atoms with van der Waals surface area (Å²) in [4.78, 5) is 30.2. The van der Waals surface area contributed by atoms with E-state index in [4.69, 9.17) is 12.2 Å². The highest BCUT2D eigenvalue weighted by atomic mass is 32.2. The molecule has 1 aromatic heterocycles. The maximum atomic E-state index is 12.4. The number of thioether (sulfide) groups is 1. The Bertz CT molecular complexity index is 773. The summed E-state index contributed by atoms with van der Waals surface area (Å²) in [6.45, 7) is -0.115. The van der Waals surface area contributed by atoms with Gasteiger partial charge in [-0.3, -0.25) is 14.5 Å². The smallest absolute Gasteiger partial charge is 0.266 e. The van der Waals surface area contributed by atoms with Gasteiger partial charge in [0.2, 0.25) is 5.91 Å². The van der Waals surface area contributed by atoms with Gasteiger partial charge in [0.1, 0.15) is 10.9 Å². The summed E-state index contributed by atoms with van der Waals surface area (Å²) < 4.78 is 0.381. The number of aromatic nitrogens is 1. The normalized spacial score (nSPS) is 16.2. The summed E-state index contributed by atoms with van der Waals surface area (Å²) >= 11 is 7.73. The minimum atomic E-state index is -0.322. The highest BCUT2D eigenvalue weighted by Crippen LogP contribution is 2.32. The van der Waals surface area contributed by atoms with Gasteiger partial charge in [-0.1, -0.05) is 54.3 Å². The lowest BCUT2D eigenvalue weighted by atomic mass is 10.2. The molecule has 1 aliphatic rings. The van der Waals surface area contributed by atoms with E-state index in [-0.39, 0.29) is 18.4 Å². The number of nitrogens with zero attached hydrogens (tertiary/aromatic N) is 2. The molecule has 1 N–H and O–H groups in total. The van der Waals surface area contributed by atoms with Crippen LogP contribution in [0.5, 0.6) is 0 Å². The van der Waals surface area contributed by atoms with Gasteiger partial charge in [0, 0.05) is 11.6 Å². The second kappa shape index (κ2) is 7.03. The van der Waals surface area contributed by atoms with E-state index in [1.54, 1.807) is 17.7 Å². The fourth-order valence-corrected chi connectivity index (χ4v) is 3.72. The molecule has 5 nitrogen and oxygen atoms in total. The van der Waals surface area contributed by atoms with Crippen LogP contribution in [0.1, 0.15) is 5.56 Å². The van der Waals surface area contributed by atoms with E-state index in [9.17, 15) is 9.59 Å². The number of rotatable bonds is 4. The Balaban J connectivity index is 1.69. The number of anilines is 1. The number of thiocarbonyl (C=S) groups is 1. The Morgan fingerprint density at radius 1 is 1.35 bits per heavy atom. The third-order valence-corrected chi connectivity index (χ3v) is 5.02. The molecule has 0 aliphatic carbocycles. The van der Waals surface area contributed by atoms with Crippen molar-refractivity contribution in [3.8, 4) is 0 Å². The standard InChI is InChI=1S/C15H11N3O2S3/c19-12(17-14-16-6-7-22-14)9-18-13(20)11(23-15(18)21)8-10-4-2-1-3-5-10/h1-8H,9H2,(H,16,17,19)/b11-8-. The summed E-state index contributed by atoms with van der Waals surface area (Å²) in [7, 11) is 0. The van der Waals surface area contributed by atoms with Gasteiger partial charge in [-0.05, 0) is 11.6 Å². The lowest BCUT2D eigenvalue weighted by Crippen LogP contribution is -2.36. The van der Waals surface area contributed by atoms with Crippen LogP contribution < -0.4 is 5.32 Å². The van der Waals surface area contributed by atoms with E-state index < -0.39 is 0 Å². The van der Waals surface area contributed by atoms with E-state index >= 15 is 0 Å². The van der Waals surface area contributed by atoms with Gasteiger partial charge in [-0.25, -0.2) is 4.98 Å². The number of nitrogens with one attached hydrogen (secondary N) is 1. The van der Waals surface area contributed by atoms with Gasteiger partial charge in [-0.15, -0.1) is 11.3 Å². The fourth-order valence-electron chi connectivity index (χ4n) is 1.92. The van der Waals surface area contributed by atoms with Crippen molar-refractivity contribution in [3.05, 3.63) is 52.4 Å². The number of carbonyl (C=O) groups is 2. The first-order valence-corrected chi connectivity index (χ1v) is 8.74. The van der Waals surface area contributed by atoms with E-state index in [1.165, 1.54) is 28.0 Å². The molecule has 1 fully saturated rings. The zero-order valence-corrected chi connectivity index (χ0v) is 14.2. The minimum Gasteiger partial charge on any atom is -0.300 e. The van der Waals surface area contributed by atoms with Crippen molar-refractivity contribution in [2.45, 2.75) is 0 Å². The van der Waals surface area contributed by atoms with Crippen LogP contribution in [0.3, 0.4) is 0 Å². The van der Waals surface area contributed by atoms with Gasteiger partial charge < -0.3 is 5.32 Å². The van der Waals surface area contributed by atoms with Crippen molar-refractivity contribution >= 4 is 62.7 Å². The van der Waals surface area contributed by atoms with Crippen LogP contribution in [-0.4, -0.2) is 32.6 Å². The van der Waals surface area contributed by atoms with Crippen LogP contribution >= 0.6 is 35.3 Å². The number of hydrogen-bond acceptors (Lipinski definition) is 6. The third kappa shape index (κ3) is 3.84. The number of thiazole rings is 1. The Labute approximate surface area is 146 Å². The molecule has 8 heteroatoms. The summed E-state index contributed by atoms with van der Waals surface area (Å²) in [5.41, 5.74) is 0.917. The molecule has 1 saturated heterocycles. The van der Waals surface area contributed by atoms with Crippen molar-refractivity contribution in [2.24, 2.45) is 0 Å². The highest BCUT2D eigenvalue weighted by molar-refractivity contribution is 8.26. The predicted molar refractivity (Wildman–Crippen MR) is 97.1 cm³/mol. The number of benzene rings is 1. The molecule has 2 amide bonds. The molecule has 1 aliphatic heterocycles. The molecule has 0 spiro atoms. The van der Waals surface area contributed by atoms with E-state index in [1.807, 2.05) is 30.3 Å². The molecular weight excluding hydrogens is 350 g/mol. The van der Waals surface area contributed by atoms with Gasteiger partial charge in [-0.2, -0.15) is 0 Å². The first-order valence-electron chi connectivity index (χ1n) is 6.63. The molecule has 2 aromatic rings. The quantitative estimate of drug-likeness (QED) is 0.670. The molecule has 0 bridgehead atoms. The second-order valence-electron chi connectivity index (χ2n) is 4.56. The Morgan fingerprint density at radius 3 is 2.83 bits per heavy atom. The molecule has 2 heterocycles. The molecule has 0 radical (unpaired) electrons. The molecular formula is C15H11N3O2S3. The zero-order valence-electron chi connectivity index (χ0n) is 11.8. The van der Waals surface area contributed by atoms with Crippen LogP contribution in [0.25, 0.3) is 6.08 Å². The number of amides is 2. The average molecular weight is 361 g/mol. The summed E-state index contributed by atoms with van der Waals surface area (Å²) in [6, 6.07) is 9.51. The second-order valence-corrected chi connectivity index (χ2v) is 7.13. The van der Waals surface area contributed by atoms with Crippen molar-refractivity contribution in [1.82, 2.24) is 9.88 Å². The number of carbonyl (C=O) groups excluding carboxylic acids is 2. The molecule has 23 heavy (non-hydrogen) atoms. The maximum absolute atomic E-state index is 12.4. The summed E-state index contributed by atoms with van der Waals surface area (Å²) in [6.07, 6.45) is 3.38. The lowest BCUT2D eigenvalue weighted by molar-refractivity contribution is -0.126. The van der Waals surface area contributed by atoms with Crippen molar-refractivity contribution in [1.29, 1.82) is 0 Å². The molecule has 1 aromatic carbocycles. The van der Waals surface area contributed by atoms with Crippen LogP contribution in [0.15, 0.2) is 46.8 Å². The minimum absolute atomic E-state index is 0.115. The van der Waals surface area contributed by atoms with Crippen LogP contribution in [0.2, 0.25) is 0 Å². The van der Waals surface area contributed by atoms with Crippen molar-refractivity contribution < 1.29 is 9.59 Å². The molecule has 0 atom stereocenters. The van der Waals surface area contributed by atoms with Crippen molar-refractivity contribution in [2.75, 3.05) is 11.9 Å². The van der Waals surface area contributed by atoms with Crippen LogP contribution in [0, 0.1) is 0 Å². The zero-order chi connectivity index (χ0) is 16.2. The lowest BCUT2D eigenvalue weighted by Gasteiger charge is -2.13. The summed E-state index contributed by atoms with van der Waals surface area (Å²) in [5, 5.41) is 4.90. The SMILES string of the molecule is O=C(CN1C(=O)/C(=C/c2ccccc2)SC1=S)Nc1nccs1. The summed E-state index contributed by atoms with van der Waals surface area (Å²) in [5.74, 6) is -0.574. The van der Waals surface area contributed by atoms with E-state index in [2.05, 4.69) is 10.3 Å². The number of hydrogen-bond donors (Lipinski definition) is 1. The van der Waals surface area contributed by atoms with Gasteiger partial charge in [0.25, 0.3) is 5.91 Å². The Hall–Kier alpha value is -2.03.